The second-order valence-electron chi connectivity index (χ2n) is 5.65. The average Bonchev–Trinajstić information content (AvgIpc) is 3.10. The zero-order chi connectivity index (χ0) is 12.6. The lowest BCUT2D eigenvalue weighted by Gasteiger charge is -2.24. The van der Waals surface area contributed by atoms with Crippen molar-refractivity contribution in [3.8, 4) is 0 Å². The van der Waals surface area contributed by atoms with Gasteiger partial charge >= 0.3 is 0 Å². The molecule has 0 bridgehead atoms. The summed E-state index contributed by atoms with van der Waals surface area (Å²) in [5, 5.41) is 0. The average molecular weight is 264 g/mol. The van der Waals surface area contributed by atoms with E-state index in [4.69, 9.17) is 11.6 Å². The van der Waals surface area contributed by atoms with Gasteiger partial charge in [0.1, 0.15) is 0 Å². The Labute approximate surface area is 113 Å². The number of alkyl halides is 1. The van der Waals surface area contributed by atoms with E-state index in [0.717, 1.165) is 13.1 Å². The third kappa shape index (κ3) is 2.14. The van der Waals surface area contributed by atoms with Crippen LogP contribution in [0.15, 0.2) is 30.3 Å². The van der Waals surface area contributed by atoms with E-state index >= 15 is 0 Å². The van der Waals surface area contributed by atoms with Gasteiger partial charge in [-0.25, -0.2) is 0 Å². The van der Waals surface area contributed by atoms with Crippen molar-refractivity contribution in [1.29, 1.82) is 0 Å². The van der Waals surface area contributed by atoms with Crippen LogP contribution >= 0.6 is 11.6 Å². The molecule has 0 radical (unpaired) electrons. The fourth-order valence-corrected chi connectivity index (χ4v) is 3.16. The first-order valence-corrected chi connectivity index (χ1v) is 7.16. The van der Waals surface area contributed by atoms with Crippen LogP contribution in [0.1, 0.15) is 24.8 Å². The number of halogens is 1. The molecule has 2 aliphatic rings. The Morgan fingerprint density at radius 2 is 2.00 bits per heavy atom. The molecule has 0 aromatic heterocycles. The maximum Gasteiger partial charge on any atom is 0.222 e. The Balaban J connectivity index is 1.72. The SMILES string of the molecule is O=C1CC(CCl)CN1CC1(c2ccccc2)CC1. The molecule has 2 fully saturated rings. The fraction of sp³-hybridized carbons (Fsp3) is 0.533. The summed E-state index contributed by atoms with van der Waals surface area (Å²) in [6, 6.07) is 10.6. The van der Waals surface area contributed by atoms with Crippen molar-refractivity contribution in [1.82, 2.24) is 4.90 Å². The number of carbonyl (C=O) groups excluding carboxylic acids is 1. The maximum absolute atomic E-state index is 11.9. The second kappa shape index (κ2) is 4.58. The van der Waals surface area contributed by atoms with E-state index in [-0.39, 0.29) is 11.3 Å². The minimum absolute atomic E-state index is 0.234. The Morgan fingerprint density at radius 3 is 2.56 bits per heavy atom. The van der Waals surface area contributed by atoms with E-state index in [2.05, 4.69) is 24.3 Å². The zero-order valence-electron chi connectivity index (χ0n) is 10.4. The molecule has 1 atom stereocenters. The summed E-state index contributed by atoms with van der Waals surface area (Å²) in [5.74, 6) is 1.23. The molecule has 1 unspecified atom stereocenters. The standard InChI is InChI=1S/C15H18ClNO/c16-9-12-8-14(18)17(10-12)11-15(6-7-15)13-4-2-1-3-5-13/h1-5,12H,6-11H2. The van der Waals surface area contributed by atoms with E-state index in [1.807, 2.05) is 11.0 Å². The van der Waals surface area contributed by atoms with Gasteiger partial charge in [0.05, 0.1) is 0 Å². The highest BCUT2D eigenvalue weighted by Gasteiger charge is 2.47. The molecule has 1 saturated heterocycles. The first-order valence-electron chi connectivity index (χ1n) is 6.63. The van der Waals surface area contributed by atoms with Gasteiger partial charge in [-0.1, -0.05) is 30.3 Å². The van der Waals surface area contributed by atoms with Crippen LogP contribution in [-0.2, 0) is 10.2 Å². The van der Waals surface area contributed by atoms with Crippen LogP contribution in [0.25, 0.3) is 0 Å². The van der Waals surface area contributed by atoms with Gasteiger partial charge in [0, 0.05) is 30.8 Å². The lowest BCUT2D eigenvalue weighted by Crippen LogP contribution is -2.34. The smallest absolute Gasteiger partial charge is 0.222 e. The molecule has 0 spiro atoms. The maximum atomic E-state index is 11.9. The van der Waals surface area contributed by atoms with Crippen LogP contribution < -0.4 is 0 Å². The first kappa shape index (κ1) is 12.0. The minimum atomic E-state index is 0.234. The van der Waals surface area contributed by atoms with E-state index in [1.54, 1.807) is 0 Å². The van der Waals surface area contributed by atoms with Gasteiger partial charge in [0.2, 0.25) is 5.91 Å². The van der Waals surface area contributed by atoms with Crippen molar-refractivity contribution in [2.45, 2.75) is 24.7 Å². The summed E-state index contributed by atoms with van der Waals surface area (Å²) < 4.78 is 0. The summed E-state index contributed by atoms with van der Waals surface area (Å²) in [6.45, 7) is 1.72. The quantitative estimate of drug-likeness (QED) is 0.765. The molecular formula is C15H18ClNO. The molecule has 1 aliphatic carbocycles. The molecule has 2 nitrogen and oxygen atoms in total. The summed E-state index contributed by atoms with van der Waals surface area (Å²) >= 11 is 5.86. The summed E-state index contributed by atoms with van der Waals surface area (Å²) in [6.07, 6.45) is 3.03. The molecule has 1 aliphatic heterocycles. The Hall–Kier alpha value is -1.02. The lowest BCUT2D eigenvalue weighted by atomic mass is 9.95. The second-order valence-corrected chi connectivity index (χ2v) is 5.95. The predicted molar refractivity (Wildman–Crippen MR) is 72.8 cm³/mol. The molecule has 18 heavy (non-hydrogen) atoms. The highest BCUT2D eigenvalue weighted by atomic mass is 35.5. The molecular weight excluding hydrogens is 246 g/mol. The van der Waals surface area contributed by atoms with Crippen molar-refractivity contribution in [3.63, 3.8) is 0 Å². The largest absolute Gasteiger partial charge is 0.341 e. The van der Waals surface area contributed by atoms with Crippen LogP contribution in [0.4, 0.5) is 0 Å². The summed E-state index contributed by atoms with van der Waals surface area (Å²) in [7, 11) is 0. The Bertz CT molecular complexity index is 441. The number of rotatable bonds is 4. The Kier molecular flexibility index (Phi) is 3.06. The number of benzene rings is 1. The number of hydrogen-bond acceptors (Lipinski definition) is 1. The van der Waals surface area contributed by atoms with Gasteiger partial charge in [0.15, 0.2) is 0 Å². The topological polar surface area (TPSA) is 20.3 Å². The van der Waals surface area contributed by atoms with Gasteiger partial charge in [0.25, 0.3) is 0 Å². The normalized spacial score (nSPS) is 25.5. The number of amides is 1. The molecule has 1 aromatic carbocycles. The molecule has 1 heterocycles. The molecule has 1 saturated carbocycles. The summed E-state index contributed by atoms with van der Waals surface area (Å²) in [5.41, 5.74) is 1.62. The molecule has 1 aromatic rings. The molecule has 3 rings (SSSR count). The van der Waals surface area contributed by atoms with Gasteiger partial charge in [-0.15, -0.1) is 11.6 Å². The van der Waals surface area contributed by atoms with Crippen molar-refractivity contribution in [2.75, 3.05) is 19.0 Å². The number of carbonyl (C=O) groups is 1. The molecule has 3 heteroatoms. The van der Waals surface area contributed by atoms with Crippen LogP contribution in [0.5, 0.6) is 0 Å². The van der Waals surface area contributed by atoms with Crippen molar-refractivity contribution >= 4 is 17.5 Å². The van der Waals surface area contributed by atoms with Crippen LogP contribution in [-0.4, -0.2) is 29.8 Å². The third-order valence-electron chi connectivity index (χ3n) is 4.25. The Morgan fingerprint density at radius 1 is 1.28 bits per heavy atom. The first-order chi connectivity index (χ1) is 8.73. The van der Waals surface area contributed by atoms with E-state index < -0.39 is 0 Å². The highest BCUT2D eigenvalue weighted by molar-refractivity contribution is 6.18. The number of nitrogens with zero attached hydrogens (tertiary/aromatic N) is 1. The van der Waals surface area contributed by atoms with Crippen LogP contribution in [0, 0.1) is 5.92 Å². The molecule has 96 valence electrons. The van der Waals surface area contributed by atoms with Crippen LogP contribution in [0.2, 0.25) is 0 Å². The van der Waals surface area contributed by atoms with E-state index in [0.29, 0.717) is 18.2 Å². The van der Waals surface area contributed by atoms with Gasteiger partial charge in [-0.2, -0.15) is 0 Å². The predicted octanol–water partition coefficient (Wildman–Crippen LogP) is 2.81. The van der Waals surface area contributed by atoms with E-state index in [9.17, 15) is 4.79 Å². The lowest BCUT2D eigenvalue weighted by molar-refractivity contribution is -0.128. The van der Waals surface area contributed by atoms with Gasteiger partial charge in [-0.3, -0.25) is 4.79 Å². The molecule has 0 N–H and O–H groups in total. The zero-order valence-corrected chi connectivity index (χ0v) is 11.2. The monoisotopic (exact) mass is 263 g/mol. The van der Waals surface area contributed by atoms with Crippen LogP contribution in [0.3, 0.4) is 0 Å². The fourth-order valence-electron chi connectivity index (χ4n) is 2.96. The van der Waals surface area contributed by atoms with Gasteiger partial charge in [-0.05, 0) is 24.3 Å². The van der Waals surface area contributed by atoms with E-state index in [1.165, 1.54) is 18.4 Å². The number of hydrogen-bond donors (Lipinski definition) is 0. The summed E-state index contributed by atoms with van der Waals surface area (Å²) in [4.78, 5) is 14.0. The number of likely N-dealkylation sites (tertiary alicyclic amines) is 1. The van der Waals surface area contributed by atoms with Crippen molar-refractivity contribution in [2.24, 2.45) is 5.92 Å². The minimum Gasteiger partial charge on any atom is -0.341 e. The van der Waals surface area contributed by atoms with Gasteiger partial charge < -0.3 is 4.90 Å². The van der Waals surface area contributed by atoms with Crippen molar-refractivity contribution in [3.05, 3.63) is 35.9 Å². The van der Waals surface area contributed by atoms with Crippen molar-refractivity contribution < 1.29 is 4.79 Å². The third-order valence-corrected chi connectivity index (χ3v) is 4.68. The highest BCUT2D eigenvalue weighted by Crippen LogP contribution is 2.49. The molecule has 1 amide bonds.